The summed E-state index contributed by atoms with van der Waals surface area (Å²) in [6.07, 6.45) is 3.54. The Balaban J connectivity index is 1.96. The molecule has 1 amide bonds. The summed E-state index contributed by atoms with van der Waals surface area (Å²) in [5.74, 6) is 0.279. The number of pyridine rings is 1. The molecule has 0 aromatic carbocycles. The molecular weight excluding hydrogens is 282 g/mol. The molecule has 118 valence electrons. The number of nitrogens with one attached hydrogen (secondary N) is 1. The third kappa shape index (κ3) is 2.83. The van der Waals surface area contributed by atoms with Crippen LogP contribution in [0.3, 0.4) is 0 Å². The molecule has 1 aliphatic carbocycles. The first kappa shape index (κ1) is 15.0. The fraction of sp³-hybridized carbons (Fsp3) is 0.562. The minimum Gasteiger partial charge on any atom is -0.396 e. The zero-order valence-electron chi connectivity index (χ0n) is 12.9. The SMILES string of the molecule is CCC(CCO)NC(=O)c1cc(C2CC2)nc2onc(C)c12. The molecule has 22 heavy (non-hydrogen) atoms. The zero-order chi connectivity index (χ0) is 15.7. The van der Waals surface area contributed by atoms with Crippen molar-refractivity contribution in [3.8, 4) is 0 Å². The van der Waals surface area contributed by atoms with Gasteiger partial charge in [-0.3, -0.25) is 4.79 Å². The normalized spacial score (nSPS) is 16.0. The predicted molar refractivity (Wildman–Crippen MR) is 81.8 cm³/mol. The summed E-state index contributed by atoms with van der Waals surface area (Å²) < 4.78 is 5.26. The molecule has 2 aromatic heterocycles. The third-order valence-electron chi connectivity index (χ3n) is 4.18. The number of carbonyl (C=O) groups is 1. The summed E-state index contributed by atoms with van der Waals surface area (Å²) in [5, 5.41) is 16.7. The molecular formula is C16H21N3O3. The van der Waals surface area contributed by atoms with Crippen LogP contribution >= 0.6 is 0 Å². The standard InChI is InChI=1S/C16H21N3O3/c1-3-11(6-7-20)17-15(21)12-8-13(10-4-5-10)18-16-14(12)9(2)19-22-16/h8,10-11,20H,3-7H2,1-2H3,(H,17,21). The number of aliphatic hydroxyl groups excluding tert-OH is 1. The highest BCUT2D eigenvalue weighted by Crippen LogP contribution is 2.40. The molecule has 1 saturated carbocycles. The van der Waals surface area contributed by atoms with E-state index in [9.17, 15) is 4.79 Å². The average molecular weight is 303 g/mol. The van der Waals surface area contributed by atoms with E-state index in [4.69, 9.17) is 9.63 Å². The lowest BCUT2D eigenvalue weighted by atomic mass is 10.1. The summed E-state index contributed by atoms with van der Waals surface area (Å²) in [7, 11) is 0. The molecule has 1 fully saturated rings. The van der Waals surface area contributed by atoms with Crippen molar-refractivity contribution < 1.29 is 14.4 Å². The molecule has 3 rings (SSSR count). The highest BCUT2D eigenvalue weighted by atomic mass is 16.5. The monoisotopic (exact) mass is 303 g/mol. The molecule has 2 N–H and O–H groups in total. The number of fused-ring (bicyclic) bond motifs is 1. The lowest BCUT2D eigenvalue weighted by Crippen LogP contribution is -2.35. The van der Waals surface area contributed by atoms with E-state index < -0.39 is 0 Å². The van der Waals surface area contributed by atoms with Crippen LogP contribution < -0.4 is 5.32 Å². The van der Waals surface area contributed by atoms with Crippen LogP contribution in [0, 0.1) is 6.92 Å². The largest absolute Gasteiger partial charge is 0.396 e. The van der Waals surface area contributed by atoms with Gasteiger partial charge in [-0.15, -0.1) is 0 Å². The van der Waals surface area contributed by atoms with Gasteiger partial charge in [-0.25, -0.2) is 4.98 Å². The number of hydrogen-bond donors (Lipinski definition) is 2. The van der Waals surface area contributed by atoms with Gasteiger partial charge in [0.05, 0.1) is 16.6 Å². The van der Waals surface area contributed by atoms with Gasteiger partial charge in [-0.1, -0.05) is 12.1 Å². The van der Waals surface area contributed by atoms with Crippen LogP contribution in [-0.4, -0.2) is 33.8 Å². The summed E-state index contributed by atoms with van der Waals surface area (Å²) in [6.45, 7) is 3.86. The van der Waals surface area contributed by atoms with Crippen molar-refractivity contribution in [3.05, 3.63) is 23.0 Å². The smallest absolute Gasteiger partial charge is 0.259 e. The average Bonchev–Trinajstić information content (AvgIpc) is 3.30. The van der Waals surface area contributed by atoms with Crippen LogP contribution in [0.25, 0.3) is 11.1 Å². The molecule has 6 nitrogen and oxygen atoms in total. The fourth-order valence-electron chi connectivity index (χ4n) is 2.68. The van der Waals surface area contributed by atoms with Gasteiger partial charge in [0, 0.05) is 24.3 Å². The van der Waals surface area contributed by atoms with Crippen molar-refractivity contribution in [2.45, 2.75) is 51.5 Å². The second-order valence-corrected chi connectivity index (χ2v) is 5.91. The predicted octanol–water partition coefficient (Wildman–Crippen LogP) is 2.30. The van der Waals surface area contributed by atoms with Gasteiger partial charge in [-0.05, 0) is 38.7 Å². The van der Waals surface area contributed by atoms with Gasteiger partial charge in [-0.2, -0.15) is 0 Å². The molecule has 0 saturated heterocycles. The van der Waals surface area contributed by atoms with Crippen LogP contribution in [0.4, 0.5) is 0 Å². The quantitative estimate of drug-likeness (QED) is 0.855. The number of rotatable bonds is 6. The van der Waals surface area contributed by atoms with E-state index >= 15 is 0 Å². The van der Waals surface area contributed by atoms with Crippen LogP contribution in [-0.2, 0) is 0 Å². The molecule has 2 aromatic rings. The molecule has 0 radical (unpaired) electrons. The molecule has 2 heterocycles. The van der Waals surface area contributed by atoms with Gasteiger partial charge in [0.25, 0.3) is 11.6 Å². The first-order chi connectivity index (χ1) is 10.6. The maximum atomic E-state index is 12.7. The Hall–Kier alpha value is -1.95. The lowest BCUT2D eigenvalue weighted by Gasteiger charge is -2.16. The summed E-state index contributed by atoms with van der Waals surface area (Å²) in [4.78, 5) is 17.1. The van der Waals surface area contributed by atoms with E-state index in [0.717, 1.165) is 25.0 Å². The Kier molecular flexibility index (Phi) is 4.11. The van der Waals surface area contributed by atoms with Gasteiger partial charge < -0.3 is 14.9 Å². The topological polar surface area (TPSA) is 88.2 Å². The molecule has 0 spiro atoms. The van der Waals surface area contributed by atoms with E-state index in [1.54, 1.807) is 0 Å². The van der Waals surface area contributed by atoms with E-state index in [0.29, 0.717) is 34.7 Å². The first-order valence-corrected chi connectivity index (χ1v) is 7.82. The van der Waals surface area contributed by atoms with Crippen LogP contribution in [0.2, 0.25) is 0 Å². The minimum atomic E-state index is -0.152. The summed E-state index contributed by atoms with van der Waals surface area (Å²) in [5.41, 5.74) is 2.58. The Labute approximate surface area is 128 Å². The van der Waals surface area contributed by atoms with Gasteiger partial charge in [0.2, 0.25) is 0 Å². The second kappa shape index (κ2) is 6.04. The first-order valence-electron chi connectivity index (χ1n) is 7.82. The van der Waals surface area contributed by atoms with Crippen molar-refractivity contribution in [2.24, 2.45) is 0 Å². The maximum Gasteiger partial charge on any atom is 0.259 e. The molecule has 1 atom stereocenters. The molecule has 1 unspecified atom stereocenters. The Morgan fingerprint density at radius 1 is 1.55 bits per heavy atom. The van der Waals surface area contributed by atoms with Crippen molar-refractivity contribution in [3.63, 3.8) is 0 Å². The number of nitrogens with zero attached hydrogens (tertiary/aromatic N) is 2. The van der Waals surface area contributed by atoms with Crippen molar-refractivity contribution >= 4 is 17.0 Å². The van der Waals surface area contributed by atoms with Crippen molar-refractivity contribution in [1.82, 2.24) is 15.5 Å². The molecule has 1 aliphatic rings. The molecule has 0 bridgehead atoms. The van der Waals surface area contributed by atoms with Crippen molar-refractivity contribution in [1.29, 1.82) is 0 Å². The van der Waals surface area contributed by atoms with Gasteiger partial charge in [0.15, 0.2) is 0 Å². The number of aromatic nitrogens is 2. The van der Waals surface area contributed by atoms with Crippen molar-refractivity contribution in [2.75, 3.05) is 6.61 Å². The highest BCUT2D eigenvalue weighted by Gasteiger charge is 2.28. The van der Waals surface area contributed by atoms with Gasteiger partial charge in [0.1, 0.15) is 0 Å². The molecule has 6 heteroatoms. The van der Waals surface area contributed by atoms with E-state index in [2.05, 4.69) is 15.5 Å². The third-order valence-corrected chi connectivity index (χ3v) is 4.18. The number of carbonyl (C=O) groups excluding carboxylic acids is 1. The number of hydrogen-bond acceptors (Lipinski definition) is 5. The summed E-state index contributed by atoms with van der Waals surface area (Å²) >= 11 is 0. The van der Waals surface area contributed by atoms with Crippen LogP contribution in [0.5, 0.6) is 0 Å². The minimum absolute atomic E-state index is 0.0368. The number of aliphatic hydroxyl groups is 1. The Bertz CT molecular complexity index is 691. The van der Waals surface area contributed by atoms with Crippen LogP contribution in [0.15, 0.2) is 10.6 Å². The zero-order valence-corrected chi connectivity index (χ0v) is 12.9. The fourth-order valence-corrected chi connectivity index (χ4v) is 2.68. The van der Waals surface area contributed by atoms with E-state index in [-0.39, 0.29) is 18.6 Å². The van der Waals surface area contributed by atoms with Crippen LogP contribution in [0.1, 0.15) is 60.3 Å². The molecule has 0 aliphatic heterocycles. The number of aryl methyl sites for hydroxylation is 1. The Morgan fingerprint density at radius 3 is 2.95 bits per heavy atom. The van der Waals surface area contributed by atoms with E-state index in [1.165, 1.54) is 0 Å². The second-order valence-electron chi connectivity index (χ2n) is 5.91. The Morgan fingerprint density at radius 2 is 2.32 bits per heavy atom. The van der Waals surface area contributed by atoms with Gasteiger partial charge >= 0.3 is 0 Å². The summed E-state index contributed by atoms with van der Waals surface area (Å²) in [6, 6.07) is 1.83. The number of amides is 1. The van der Waals surface area contributed by atoms with E-state index in [1.807, 2.05) is 19.9 Å². The highest BCUT2D eigenvalue weighted by molar-refractivity contribution is 6.06. The lowest BCUT2D eigenvalue weighted by molar-refractivity contribution is 0.0930. The maximum absolute atomic E-state index is 12.7.